The molecule has 18 heavy (non-hydrogen) atoms. The van der Waals surface area contributed by atoms with E-state index in [0.717, 1.165) is 11.3 Å². The van der Waals surface area contributed by atoms with Gasteiger partial charge in [-0.05, 0) is 45.4 Å². The molecule has 1 unspecified atom stereocenters. The van der Waals surface area contributed by atoms with E-state index in [-0.39, 0.29) is 24.2 Å². The predicted octanol–water partition coefficient (Wildman–Crippen LogP) is 2.46. The highest BCUT2D eigenvalue weighted by atomic mass is 16.5. The molecule has 0 saturated carbocycles. The van der Waals surface area contributed by atoms with E-state index in [1.807, 2.05) is 52.0 Å². The van der Waals surface area contributed by atoms with Crippen molar-refractivity contribution >= 4 is 11.6 Å². The van der Waals surface area contributed by atoms with Crippen molar-refractivity contribution in [2.24, 2.45) is 5.73 Å². The fraction of sp³-hybridized carbons (Fsp3) is 0.500. The number of ether oxygens (including phenoxy) is 1. The summed E-state index contributed by atoms with van der Waals surface area (Å²) in [5, 5.41) is 2.79. The van der Waals surface area contributed by atoms with Crippen molar-refractivity contribution in [2.75, 3.05) is 11.9 Å². The molecule has 0 bridgehead atoms. The van der Waals surface area contributed by atoms with Crippen LogP contribution in [-0.4, -0.2) is 18.1 Å². The van der Waals surface area contributed by atoms with Crippen LogP contribution in [0.15, 0.2) is 24.3 Å². The molecule has 0 aromatic heterocycles. The molecule has 0 saturated heterocycles. The Bertz CT molecular complexity index is 409. The van der Waals surface area contributed by atoms with Gasteiger partial charge in [0.2, 0.25) is 5.91 Å². The second-order valence-corrected chi connectivity index (χ2v) is 5.36. The molecular formula is C14H22N2O2. The van der Waals surface area contributed by atoms with Crippen LogP contribution in [0.25, 0.3) is 0 Å². The number of benzene rings is 1. The van der Waals surface area contributed by atoms with Crippen LogP contribution in [0.3, 0.4) is 0 Å². The third-order valence-corrected chi connectivity index (χ3v) is 2.33. The Labute approximate surface area is 109 Å². The Balaban J connectivity index is 2.57. The van der Waals surface area contributed by atoms with E-state index in [1.54, 1.807) is 0 Å². The largest absolute Gasteiger partial charge is 0.366 e. The topological polar surface area (TPSA) is 64.3 Å². The van der Waals surface area contributed by atoms with Gasteiger partial charge in [0.05, 0.1) is 5.60 Å². The summed E-state index contributed by atoms with van der Waals surface area (Å²) in [6.45, 7) is 7.70. The van der Waals surface area contributed by atoms with Crippen LogP contribution >= 0.6 is 0 Å². The van der Waals surface area contributed by atoms with Crippen molar-refractivity contribution in [1.29, 1.82) is 0 Å². The van der Waals surface area contributed by atoms with Crippen LogP contribution < -0.4 is 11.1 Å². The van der Waals surface area contributed by atoms with Crippen molar-refractivity contribution in [3.63, 3.8) is 0 Å². The number of anilines is 1. The minimum atomic E-state index is -0.315. The lowest BCUT2D eigenvalue weighted by atomic mass is 10.1. The highest BCUT2D eigenvalue weighted by Gasteiger charge is 2.13. The normalized spacial score (nSPS) is 13.2. The van der Waals surface area contributed by atoms with Gasteiger partial charge in [0.25, 0.3) is 0 Å². The van der Waals surface area contributed by atoms with Gasteiger partial charge >= 0.3 is 0 Å². The number of nitrogens with two attached hydrogens (primary N) is 1. The van der Waals surface area contributed by atoms with Crippen LogP contribution in [0.5, 0.6) is 0 Å². The van der Waals surface area contributed by atoms with Crippen LogP contribution in [0, 0.1) is 0 Å². The molecule has 1 rings (SSSR count). The Morgan fingerprint density at radius 2 is 2.11 bits per heavy atom. The molecule has 1 atom stereocenters. The van der Waals surface area contributed by atoms with Gasteiger partial charge in [-0.25, -0.2) is 0 Å². The van der Waals surface area contributed by atoms with Gasteiger partial charge in [-0.15, -0.1) is 0 Å². The SMILES string of the molecule is CC(N)c1cccc(NC(=O)COC(C)(C)C)c1. The first-order valence-electron chi connectivity index (χ1n) is 6.07. The summed E-state index contributed by atoms with van der Waals surface area (Å²) >= 11 is 0. The van der Waals surface area contributed by atoms with E-state index in [9.17, 15) is 4.79 Å². The van der Waals surface area contributed by atoms with Gasteiger partial charge in [-0.2, -0.15) is 0 Å². The van der Waals surface area contributed by atoms with Crippen molar-refractivity contribution < 1.29 is 9.53 Å². The molecule has 0 aliphatic rings. The summed E-state index contributed by atoms with van der Waals surface area (Å²) in [6, 6.07) is 7.47. The second kappa shape index (κ2) is 5.98. The fourth-order valence-corrected chi connectivity index (χ4v) is 1.38. The minimum absolute atomic E-state index is 0.0475. The smallest absolute Gasteiger partial charge is 0.250 e. The predicted molar refractivity (Wildman–Crippen MR) is 73.4 cm³/mol. The molecule has 4 nitrogen and oxygen atoms in total. The lowest BCUT2D eigenvalue weighted by Gasteiger charge is -2.19. The van der Waals surface area contributed by atoms with E-state index in [4.69, 9.17) is 10.5 Å². The molecule has 1 aromatic rings. The molecule has 3 N–H and O–H groups in total. The first-order valence-corrected chi connectivity index (χ1v) is 6.07. The van der Waals surface area contributed by atoms with Gasteiger partial charge in [-0.3, -0.25) is 4.79 Å². The zero-order chi connectivity index (χ0) is 13.8. The number of carbonyl (C=O) groups is 1. The fourth-order valence-electron chi connectivity index (χ4n) is 1.38. The van der Waals surface area contributed by atoms with E-state index in [1.165, 1.54) is 0 Å². The summed E-state index contributed by atoms with van der Waals surface area (Å²) in [5.41, 5.74) is 7.21. The average Bonchev–Trinajstić information content (AvgIpc) is 2.26. The molecule has 0 radical (unpaired) electrons. The van der Waals surface area contributed by atoms with Gasteiger partial charge in [0.15, 0.2) is 0 Å². The quantitative estimate of drug-likeness (QED) is 0.862. The van der Waals surface area contributed by atoms with Gasteiger partial charge in [0.1, 0.15) is 6.61 Å². The number of amides is 1. The second-order valence-electron chi connectivity index (χ2n) is 5.36. The van der Waals surface area contributed by atoms with Crippen molar-refractivity contribution in [1.82, 2.24) is 0 Å². The Kier molecular flexibility index (Phi) is 4.87. The summed E-state index contributed by atoms with van der Waals surface area (Å²) in [4.78, 5) is 11.7. The molecule has 0 spiro atoms. The Morgan fingerprint density at radius 3 is 2.67 bits per heavy atom. The van der Waals surface area contributed by atoms with Gasteiger partial charge in [0, 0.05) is 11.7 Å². The third kappa shape index (κ3) is 5.29. The maximum atomic E-state index is 11.7. The third-order valence-electron chi connectivity index (χ3n) is 2.33. The molecule has 0 aliphatic heterocycles. The van der Waals surface area contributed by atoms with E-state index < -0.39 is 0 Å². The minimum Gasteiger partial charge on any atom is -0.366 e. The van der Waals surface area contributed by atoms with Crippen LogP contribution in [0.2, 0.25) is 0 Å². The zero-order valence-corrected chi connectivity index (χ0v) is 11.5. The number of rotatable bonds is 4. The Morgan fingerprint density at radius 1 is 1.44 bits per heavy atom. The average molecular weight is 250 g/mol. The van der Waals surface area contributed by atoms with E-state index in [2.05, 4.69) is 5.32 Å². The lowest BCUT2D eigenvalue weighted by Crippen LogP contribution is -2.27. The molecule has 0 heterocycles. The maximum absolute atomic E-state index is 11.7. The number of hydrogen-bond acceptors (Lipinski definition) is 3. The van der Waals surface area contributed by atoms with E-state index >= 15 is 0 Å². The van der Waals surface area contributed by atoms with Gasteiger partial charge < -0.3 is 15.8 Å². The molecule has 0 aliphatic carbocycles. The monoisotopic (exact) mass is 250 g/mol. The number of carbonyl (C=O) groups excluding carboxylic acids is 1. The van der Waals surface area contributed by atoms with E-state index in [0.29, 0.717) is 0 Å². The highest BCUT2D eigenvalue weighted by molar-refractivity contribution is 5.91. The molecule has 0 fully saturated rings. The Hall–Kier alpha value is -1.39. The van der Waals surface area contributed by atoms with Crippen LogP contribution in [0.4, 0.5) is 5.69 Å². The van der Waals surface area contributed by atoms with Crippen molar-refractivity contribution in [3.8, 4) is 0 Å². The molecule has 1 aromatic carbocycles. The summed E-state index contributed by atoms with van der Waals surface area (Å²) < 4.78 is 5.40. The molecule has 1 amide bonds. The number of hydrogen-bond donors (Lipinski definition) is 2. The van der Waals surface area contributed by atoms with Crippen LogP contribution in [0.1, 0.15) is 39.3 Å². The summed E-state index contributed by atoms with van der Waals surface area (Å²) in [7, 11) is 0. The van der Waals surface area contributed by atoms with Gasteiger partial charge in [-0.1, -0.05) is 12.1 Å². The lowest BCUT2D eigenvalue weighted by molar-refractivity contribution is -0.125. The highest BCUT2D eigenvalue weighted by Crippen LogP contribution is 2.15. The van der Waals surface area contributed by atoms with Crippen molar-refractivity contribution in [2.45, 2.75) is 39.3 Å². The molecular weight excluding hydrogens is 228 g/mol. The number of nitrogens with one attached hydrogen (secondary N) is 1. The van der Waals surface area contributed by atoms with Crippen molar-refractivity contribution in [3.05, 3.63) is 29.8 Å². The summed E-state index contributed by atoms with van der Waals surface area (Å²) in [6.07, 6.45) is 0. The van der Waals surface area contributed by atoms with Crippen LogP contribution in [-0.2, 0) is 9.53 Å². The molecule has 100 valence electrons. The summed E-state index contributed by atoms with van der Waals surface area (Å²) in [5.74, 6) is -0.160. The zero-order valence-electron chi connectivity index (χ0n) is 11.5. The molecule has 4 heteroatoms. The first-order chi connectivity index (χ1) is 8.28. The first kappa shape index (κ1) is 14.7. The maximum Gasteiger partial charge on any atom is 0.250 e. The standard InChI is InChI=1S/C14H22N2O2/c1-10(15)11-6-5-7-12(8-11)16-13(17)9-18-14(2,3)4/h5-8,10H,9,15H2,1-4H3,(H,16,17).